The number of benzene rings is 3. The molecule has 0 spiro atoms. The number of aromatic hydroxyl groups is 1. The minimum Gasteiger partial charge on any atom is -0.507 e. The molecule has 3 aromatic carbocycles. The van der Waals surface area contributed by atoms with Gasteiger partial charge in [-0.2, -0.15) is 0 Å². The van der Waals surface area contributed by atoms with E-state index in [2.05, 4.69) is 121 Å². The largest absolute Gasteiger partial charge is 0.507 e. The van der Waals surface area contributed by atoms with Gasteiger partial charge in [-0.15, -0.1) is 0 Å². The molecule has 366 valence electrons. The predicted octanol–water partition coefficient (Wildman–Crippen LogP) is 12.5. The molecule has 2 fully saturated rings. The lowest BCUT2D eigenvalue weighted by atomic mass is 9.73. The maximum absolute atomic E-state index is 15.5. The molecule has 0 bridgehead atoms. The van der Waals surface area contributed by atoms with Crippen LogP contribution in [0.15, 0.2) is 66.7 Å². The molecule has 0 aromatic heterocycles. The lowest BCUT2D eigenvalue weighted by Gasteiger charge is -2.53. The lowest BCUT2D eigenvalue weighted by molar-refractivity contribution is -0.188. The predicted molar refractivity (Wildman–Crippen MR) is 268 cm³/mol. The van der Waals surface area contributed by atoms with E-state index in [1.54, 1.807) is 0 Å². The zero-order chi connectivity index (χ0) is 49.1. The van der Waals surface area contributed by atoms with E-state index in [9.17, 15) is 5.11 Å². The molecule has 1 N–H and O–H groups in total. The number of esters is 2. The lowest BCUT2D eigenvalue weighted by Crippen LogP contribution is -2.61. The van der Waals surface area contributed by atoms with Crippen LogP contribution in [-0.4, -0.2) is 81.9 Å². The molecule has 9 nitrogen and oxygen atoms in total. The maximum atomic E-state index is 15.5. The van der Waals surface area contributed by atoms with Gasteiger partial charge in [0.15, 0.2) is 5.41 Å². The molecule has 0 saturated carbocycles. The van der Waals surface area contributed by atoms with Crippen LogP contribution in [0.2, 0.25) is 0 Å². The van der Waals surface area contributed by atoms with Gasteiger partial charge in [0.2, 0.25) is 0 Å². The van der Waals surface area contributed by atoms with Gasteiger partial charge in [-0.3, -0.25) is 19.4 Å². The first kappa shape index (κ1) is 52.9. The number of phenolic OH excluding ortho intramolecular Hbond substituents is 1. The monoisotopic (exact) mass is 911 g/mol. The minimum absolute atomic E-state index is 0.101. The van der Waals surface area contributed by atoms with Gasteiger partial charge in [0, 0.05) is 47.8 Å². The quantitative estimate of drug-likeness (QED) is 0.0806. The van der Waals surface area contributed by atoms with E-state index in [0.717, 1.165) is 53.0 Å². The normalized spacial score (nSPS) is 19.3. The van der Waals surface area contributed by atoms with Crippen molar-refractivity contribution in [2.75, 3.05) is 20.7 Å². The number of carbonyl (C=O) groups is 2. The van der Waals surface area contributed by atoms with Crippen molar-refractivity contribution in [2.45, 2.75) is 213 Å². The van der Waals surface area contributed by atoms with Crippen LogP contribution >= 0.6 is 0 Å². The minimum atomic E-state index is -1.63. The Morgan fingerprint density at radius 2 is 1.00 bits per heavy atom. The molecule has 2 saturated heterocycles. The van der Waals surface area contributed by atoms with Crippen LogP contribution in [-0.2, 0) is 42.9 Å². The standard InChI is InChI=1S/C57H86N2O7/c1-51(2,3)46-32-41(33-47(48(46)60)52(4,5)6)34-57(49(61)65-44-35-53(7,8)58(15)54(9,10)36-44,50(62)66-45-37-55(11,12)59(16)56(13,14)38-45)30-22-17-18-23-31-63-42-26-28-43(29-27-42)64-39-40-24-20-19-21-25-40/h19-21,24-29,32-33,44-45,60H,17-18,22-23,30-31,34-39H2,1-16H3. The van der Waals surface area contributed by atoms with E-state index < -0.39 is 28.2 Å². The number of likely N-dealkylation sites (tertiary alicyclic amines) is 2. The number of hydrogen-bond donors (Lipinski definition) is 1. The van der Waals surface area contributed by atoms with Crippen molar-refractivity contribution in [1.29, 1.82) is 0 Å². The van der Waals surface area contributed by atoms with Crippen LogP contribution in [0.1, 0.15) is 177 Å². The smallest absolute Gasteiger partial charge is 0.324 e. The molecule has 66 heavy (non-hydrogen) atoms. The van der Waals surface area contributed by atoms with Crippen LogP contribution in [0, 0.1) is 5.41 Å². The van der Waals surface area contributed by atoms with Gasteiger partial charge < -0.3 is 24.1 Å². The summed E-state index contributed by atoms with van der Waals surface area (Å²) in [4.78, 5) is 35.7. The highest BCUT2D eigenvalue weighted by Gasteiger charge is 2.54. The molecule has 5 rings (SSSR count). The third kappa shape index (κ3) is 12.9. The van der Waals surface area contributed by atoms with Crippen molar-refractivity contribution < 1.29 is 33.6 Å². The summed E-state index contributed by atoms with van der Waals surface area (Å²) in [6.07, 6.45) is 5.25. The Hall–Kier alpha value is -4.08. The summed E-state index contributed by atoms with van der Waals surface area (Å²) in [5.41, 5.74) is 0.129. The highest BCUT2D eigenvalue weighted by Crippen LogP contribution is 2.45. The fourth-order valence-corrected chi connectivity index (χ4v) is 10.5. The summed E-state index contributed by atoms with van der Waals surface area (Å²) < 4.78 is 25.5. The van der Waals surface area contributed by atoms with Crippen LogP contribution in [0.3, 0.4) is 0 Å². The second kappa shape index (κ2) is 20.3. The number of rotatable bonds is 17. The number of phenols is 1. The third-order valence-electron chi connectivity index (χ3n) is 15.0. The summed E-state index contributed by atoms with van der Waals surface area (Å²) in [7, 11) is 4.28. The first-order valence-electron chi connectivity index (χ1n) is 24.6. The van der Waals surface area contributed by atoms with Gasteiger partial charge in [0.25, 0.3) is 0 Å². The van der Waals surface area contributed by atoms with Crippen molar-refractivity contribution in [2.24, 2.45) is 5.41 Å². The molecule has 0 aliphatic carbocycles. The Bertz CT molecular complexity index is 1960. The van der Waals surface area contributed by atoms with E-state index in [0.29, 0.717) is 45.3 Å². The van der Waals surface area contributed by atoms with E-state index in [1.165, 1.54) is 0 Å². The van der Waals surface area contributed by atoms with Crippen LogP contribution in [0.5, 0.6) is 17.2 Å². The molecule has 2 aliphatic heterocycles. The average Bonchev–Trinajstić information content (AvgIpc) is 3.20. The van der Waals surface area contributed by atoms with Gasteiger partial charge in [0.05, 0.1) is 6.61 Å². The Morgan fingerprint density at radius 1 is 0.591 bits per heavy atom. The highest BCUT2D eigenvalue weighted by atomic mass is 16.6. The van der Waals surface area contributed by atoms with Crippen LogP contribution in [0.4, 0.5) is 0 Å². The number of hydrogen-bond acceptors (Lipinski definition) is 9. The SMILES string of the molecule is CN1C(C)(C)CC(OC(=O)C(CCCCCCOc2ccc(OCc3ccccc3)cc2)(Cc2cc(C(C)(C)C)c(O)c(C(C)(C)C)c2)C(=O)OC2CC(C)(C)N(C)C(C)(C)C2)CC1(C)C. The third-order valence-corrected chi connectivity index (χ3v) is 15.0. The number of unbranched alkanes of at least 4 members (excludes halogenated alkanes) is 3. The van der Waals surface area contributed by atoms with Crippen LogP contribution in [0.25, 0.3) is 0 Å². The van der Waals surface area contributed by atoms with E-state index in [1.807, 2.05) is 66.7 Å². The Morgan fingerprint density at radius 3 is 1.42 bits per heavy atom. The molecular weight excluding hydrogens is 825 g/mol. The molecule has 0 amide bonds. The average molecular weight is 911 g/mol. The van der Waals surface area contributed by atoms with Crippen molar-refractivity contribution in [3.05, 3.63) is 89.0 Å². The molecule has 2 aliphatic rings. The van der Waals surface area contributed by atoms with Crippen LogP contribution < -0.4 is 9.47 Å². The molecule has 2 heterocycles. The summed E-state index contributed by atoms with van der Waals surface area (Å²) in [5.74, 6) is 0.806. The van der Waals surface area contributed by atoms with E-state index in [4.69, 9.17) is 18.9 Å². The number of carbonyl (C=O) groups excluding carboxylic acids is 2. The zero-order valence-electron chi connectivity index (χ0n) is 43.8. The molecule has 9 heteroatoms. The molecule has 0 unspecified atom stereocenters. The van der Waals surface area contributed by atoms with Gasteiger partial charge in [-0.25, -0.2) is 0 Å². The summed E-state index contributed by atoms with van der Waals surface area (Å²) >= 11 is 0. The van der Waals surface area contributed by atoms with Crippen molar-refractivity contribution in [1.82, 2.24) is 9.80 Å². The van der Waals surface area contributed by atoms with Crippen molar-refractivity contribution in [3.8, 4) is 17.2 Å². The molecule has 3 aromatic rings. The molecule has 0 atom stereocenters. The Kier molecular flexibility index (Phi) is 16.2. The van der Waals surface area contributed by atoms with E-state index in [-0.39, 0.29) is 53.0 Å². The highest BCUT2D eigenvalue weighted by molar-refractivity contribution is 6.00. The van der Waals surface area contributed by atoms with E-state index >= 15 is 9.59 Å². The number of ether oxygens (including phenoxy) is 4. The van der Waals surface area contributed by atoms with Gasteiger partial charge in [-0.05, 0) is 146 Å². The van der Waals surface area contributed by atoms with Gasteiger partial charge >= 0.3 is 11.9 Å². The Labute approximate surface area is 399 Å². The summed E-state index contributed by atoms with van der Waals surface area (Å²) in [5, 5.41) is 11.8. The zero-order valence-corrected chi connectivity index (χ0v) is 43.8. The molecular formula is C57H86N2O7. The fourth-order valence-electron chi connectivity index (χ4n) is 10.5. The first-order chi connectivity index (χ1) is 30.5. The second-order valence-electron chi connectivity index (χ2n) is 24.3. The number of nitrogens with zero attached hydrogens (tertiary/aromatic N) is 2. The second-order valence-corrected chi connectivity index (χ2v) is 24.3. The number of piperidine rings is 2. The van der Waals surface area contributed by atoms with Crippen molar-refractivity contribution >= 4 is 11.9 Å². The molecule has 0 radical (unpaired) electrons. The summed E-state index contributed by atoms with van der Waals surface area (Å²) in [6.45, 7) is 31.1. The first-order valence-corrected chi connectivity index (χ1v) is 24.6. The Balaban J connectivity index is 1.43. The van der Waals surface area contributed by atoms with Gasteiger partial charge in [-0.1, -0.05) is 103 Å². The van der Waals surface area contributed by atoms with Gasteiger partial charge in [0.1, 0.15) is 36.1 Å². The van der Waals surface area contributed by atoms with Crippen molar-refractivity contribution in [3.63, 3.8) is 0 Å². The topological polar surface area (TPSA) is 97.8 Å². The summed E-state index contributed by atoms with van der Waals surface area (Å²) in [6, 6.07) is 21.8. The maximum Gasteiger partial charge on any atom is 0.324 e. The fraction of sp³-hybridized carbons (Fsp3) is 0.649.